The van der Waals surface area contributed by atoms with E-state index in [0.717, 1.165) is 6.07 Å². The topological polar surface area (TPSA) is 79.3 Å². The molecule has 2 N–H and O–H groups in total. The summed E-state index contributed by atoms with van der Waals surface area (Å²) < 4.78 is 13.4. The lowest BCUT2D eigenvalue weighted by Crippen LogP contribution is -2.17. The van der Waals surface area contributed by atoms with Gasteiger partial charge in [-0.1, -0.05) is 12.1 Å². The van der Waals surface area contributed by atoms with Crippen molar-refractivity contribution in [2.24, 2.45) is 0 Å². The van der Waals surface area contributed by atoms with Crippen LogP contribution in [-0.2, 0) is 0 Å². The van der Waals surface area contributed by atoms with Crippen LogP contribution in [0.3, 0.4) is 0 Å². The lowest BCUT2D eigenvalue weighted by molar-refractivity contribution is 0.0698. The van der Waals surface area contributed by atoms with E-state index in [-0.39, 0.29) is 16.9 Å². The van der Waals surface area contributed by atoms with Crippen LogP contribution < -0.4 is 5.32 Å². The number of carboxylic acid groups (broad SMARTS) is 1. The van der Waals surface area contributed by atoms with E-state index in [4.69, 9.17) is 5.11 Å². The Morgan fingerprint density at radius 1 is 1.20 bits per heavy atom. The molecule has 0 aliphatic carbocycles. The monoisotopic (exact) mass is 338 g/mol. The molecule has 5 nitrogen and oxygen atoms in total. The van der Waals surface area contributed by atoms with E-state index in [2.05, 4.69) is 26.2 Å². The molecule has 0 fully saturated rings. The van der Waals surface area contributed by atoms with Crippen molar-refractivity contribution in [3.63, 3.8) is 0 Å². The average Bonchev–Trinajstić information content (AvgIpc) is 2.40. The van der Waals surface area contributed by atoms with E-state index < -0.39 is 17.8 Å². The van der Waals surface area contributed by atoms with Gasteiger partial charge < -0.3 is 10.4 Å². The fourth-order valence-electron chi connectivity index (χ4n) is 1.54. The van der Waals surface area contributed by atoms with Gasteiger partial charge in [0.15, 0.2) is 0 Å². The Labute approximate surface area is 121 Å². The Kier molecular flexibility index (Phi) is 4.09. The molecule has 1 aromatic carbocycles. The molecule has 7 heteroatoms. The van der Waals surface area contributed by atoms with Gasteiger partial charge in [-0.05, 0) is 40.2 Å². The third-order valence-corrected chi connectivity index (χ3v) is 3.09. The van der Waals surface area contributed by atoms with Crippen LogP contribution in [0.1, 0.15) is 20.8 Å². The highest BCUT2D eigenvalue weighted by Crippen LogP contribution is 2.27. The quantitative estimate of drug-likeness (QED) is 0.843. The number of rotatable bonds is 3. The minimum Gasteiger partial charge on any atom is -0.478 e. The Morgan fingerprint density at radius 2 is 1.90 bits per heavy atom. The number of halogens is 2. The number of nitrogens with zero attached hydrogens (tertiary/aromatic N) is 1. The highest BCUT2D eigenvalue weighted by atomic mass is 79.9. The van der Waals surface area contributed by atoms with Crippen molar-refractivity contribution in [3.05, 3.63) is 58.1 Å². The van der Waals surface area contributed by atoms with Crippen molar-refractivity contribution in [2.75, 3.05) is 5.32 Å². The number of benzene rings is 1. The molecular formula is C13H8BrFN2O3. The van der Waals surface area contributed by atoms with Gasteiger partial charge in [0.05, 0.1) is 11.3 Å². The first-order chi connectivity index (χ1) is 9.49. The summed E-state index contributed by atoms with van der Waals surface area (Å²) >= 11 is 3.16. The normalized spacial score (nSPS) is 10.1. The Bertz CT molecular complexity index is 691. The molecule has 2 rings (SSSR count). The lowest BCUT2D eigenvalue weighted by atomic mass is 10.1. The molecule has 0 saturated heterocycles. The number of para-hydroxylation sites is 1. The summed E-state index contributed by atoms with van der Waals surface area (Å²) in [7, 11) is 0. The fraction of sp³-hybridized carbons (Fsp3) is 0. The van der Waals surface area contributed by atoms with E-state index in [1.54, 1.807) is 6.07 Å². The fourth-order valence-corrected chi connectivity index (χ4v) is 2.01. The molecule has 0 aliphatic rings. The summed E-state index contributed by atoms with van der Waals surface area (Å²) in [4.78, 5) is 26.5. The zero-order valence-electron chi connectivity index (χ0n) is 9.93. The third kappa shape index (κ3) is 3.00. The summed E-state index contributed by atoms with van der Waals surface area (Å²) in [6, 6.07) is 8.25. The summed E-state index contributed by atoms with van der Waals surface area (Å²) in [5.41, 5.74) is -0.128. The number of carboxylic acids is 1. The molecular weight excluding hydrogens is 331 g/mol. The number of pyridine rings is 1. The highest BCUT2D eigenvalue weighted by molar-refractivity contribution is 9.10. The van der Waals surface area contributed by atoms with Crippen molar-refractivity contribution in [1.29, 1.82) is 0 Å². The van der Waals surface area contributed by atoms with E-state index in [9.17, 15) is 14.0 Å². The van der Waals surface area contributed by atoms with Crippen molar-refractivity contribution >= 4 is 33.5 Å². The smallest absolute Gasteiger partial charge is 0.337 e. The first kappa shape index (κ1) is 14.1. The van der Waals surface area contributed by atoms with Crippen LogP contribution in [0.2, 0.25) is 0 Å². The van der Waals surface area contributed by atoms with Gasteiger partial charge in [-0.15, -0.1) is 0 Å². The predicted molar refractivity (Wildman–Crippen MR) is 73.2 cm³/mol. The first-order valence-corrected chi connectivity index (χ1v) is 6.24. The van der Waals surface area contributed by atoms with Crippen LogP contribution in [0.5, 0.6) is 0 Å². The zero-order chi connectivity index (χ0) is 14.7. The SMILES string of the molecule is O=C(Nc1c(Br)cccc1C(=O)O)c1cccc(F)n1. The molecule has 1 aromatic heterocycles. The maximum absolute atomic E-state index is 13.0. The van der Waals surface area contributed by atoms with Gasteiger partial charge in [0.2, 0.25) is 5.95 Å². The van der Waals surface area contributed by atoms with Gasteiger partial charge in [-0.3, -0.25) is 4.79 Å². The van der Waals surface area contributed by atoms with Crippen LogP contribution in [0, 0.1) is 5.95 Å². The minimum atomic E-state index is -1.19. The Hall–Kier alpha value is -2.28. The van der Waals surface area contributed by atoms with Gasteiger partial charge in [0, 0.05) is 4.47 Å². The van der Waals surface area contributed by atoms with E-state index in [1.807, 2.05) is 0 Å². The largest absolute Gasteiger partial charge is 0.478 e. The average molecular weight is 339 g/mol. The Balaban J connectivity index is 2.35. The predicted octanol–water partition coefficient (Wildman–Crippen LogP) is 2.93. The highest BCUT2D eigenvalue weighted by Gasteiger charge is 2.17. The summed E-state index contributed by atoms with van der Waals surface area (Å²) in [6.45, 7) is 0. The summed E-state index contributed by atoms with van der Waals surface area (Å²) in [6.07, 6.45) is 0. The second kappa shape index (κ2) is 5.79. The van der Waals surface area contributed by atoms with Crippen molar-refractivity contribution in [2.45, 2.75) is 0 Å². The first-order valence-electron chi connectivity index (χ1n) is 5.45. The molecule has 0 saturated carbocycles. The van der Waals surface area contributed by atoms with Gasteiger partial charge in [0.25, 0.3) is 5.91 Å². The van der Waals surface area contributed by atoms with Gasteiger partial charge >= 0.3 is 5.97 Å². The molecule has 0 spiro atoms. The number of carbonyl (C=O) groups is 2. The van der Waals surface area contributed by atoms with Crippen LogP contribution >= 0.6 is 15.9 Å². The van der Waals surface area contributed by atoms with E-state index >= 15 is 0 Å². The van der Waals surface area contributed by atoms with Crippen LogP contribution in [-0.4, -0.2) is 22.0 Å². The number of aromatic carboxylic acids is 1. The second-order valence-corrected chi connectivity index (χ2v) is 4.62. The maximum atomic E-state index is 13.0. The summed E-state index contributed by atoms with van der Waals surface area (Å²) in [5.74, 6) is -2.67. The third-order valence-electron chi connectivity index (χ3n) is 2.43. The molecule has 2 aromatic rings. The zero-order valence-corrected chi connectivity index (χ0v) is 11.5. The van der Waals surface area contributed by atoms with Crippen LogP contribution in [0.4, 0.5) is 10.1 Å². The summed E-state index contributed by atoms with van der Waals surface area (Å²) in [5, 5.41) is 11.5. The van der Waals surface area contributed by atoms with E-state index in [0.29, 0.717) is 4.47 Å². The molecule has 1 amide bonds. The number of aromatic nitrogens is 1. The number of anilines is 1. The second-order valence-electron chi connectivity index (χ2n) is 3.77. The standard InChI is InChI=1S/C13H8BrFN2O3/c14-8-4-1-3-7(13(19)20)11(8)17-12(18)9-5-2-6-10(15)16-9/h1-6H,(H,17,18)(H,19,20). The van der Waals surface area contributed by atoms with Gasteiger partial charge in [-0.25, -0.2) is 9.78 Å². The molecule has 102 valence electrons. The molecule has 0 aliphatic heterocycles. The van der Waals surface area contributed by atoms with Crippen molar-refractivity contribution in [3.8, 4) is 0 Å². The number of hydrogen-bond acceptors (Lipinski definition) is 3. The lowest BCUT2D eigenvalue weighted by Gasteiger charge is -2.10. The van der Waals surface area contributed by atoms with Crippen LogP contribution in [0.25, 0.3) is 0 Å². The molecule has 0 unspecified atom stereocenters. The number of carbonyl (C=O) groups excluding carboxylic acids is 1. The molecule has 20 heavy (non-hydrogen) atoms. The molecule has 0 radical (unpaired) electrons. The Morgan fingerprint density at radius 3 is 2.55 bits per heavy atom. The maximum Gasteiger partial charge on any atom is 0.337 e. The van der Waals surface area contributed by atoms with Crippen molar-refractivity contribution in [1.82, 2.24) is 4.98 Å². The van der Waals surface area contributed by atoms with E-state index in [1.165, 1.54) is 24.3 Å². The van der Waals surface area contributed by atoms with Gasteiger partial charge in [0.1, 0.15) is 5.69 Å². The molecule has 0 atom stereocenters. The minimum absolute atomic E-state index is 0.0795. The molecule has 1 heterocycles. The molecule has 0 bridgehead atoms. The van der Waals surface area contributed by atoms with Crippen molar-refractivity contribution < 1.29 is 19.1 Å². The number of nitrogens with one attached hydrogen (secondary N) is 1. The number of amides is 1. The number of hydrogen-bond donors (Lipinski definition) is 2. The van der Waals surface area contributed by atoms with Crippen LogP contribution in [0.15, 0.2) is 40.9 Å². The van der Waals surface area contributed by atoms with Gasteiger partial charge in [-0.2, -0.15) is 4.39 Å².